The van der Waals surface area contributed by atoms with Crippen LogP contribution in [0.2, 0.25) is 5.02 Å². The molecular formula is C12H17ClN2O2S. The number of nitrogens with two attached hydrogens (primary N) is 1. The van der Waals surface area contributed by atoms with Crippen molar-refractivity contribution in [2.24, 2.45) is 0 Å². The van der Waals surface area contributed by atoms with Gasteiger partial charge < -0.3 is 15.4 Å². The van der Waals surface area contributed by atoms with Crippen LogP contribution in [0, 0.1) is 0 Å². The van der Waals surface area contributed by atoms with Gasteiger partial charge in [0.1, 0.15) is 0 Å². The Morgan fingerprint density at radius 2 is 2.39 bits per heavy atom. The Morgan fingerprint density at radius 3 is 3.06 bits per heavy atom. The van der Waals surface area contributed by atoms with E-state index in [0.717, 1.165) is 13.1 Å². The van der Waals surface area contributed by atoms with Gasteiger partial charge in [0.2, 0.25) is 0 Å². The van der Waals surface area contributed by atoms with Crippen LogP contribution in [0.1, 0.15) is 0 Å². The summed E-state index contributed by atoms with van der Waals surface area (Å²) in [7, 11) is 0.802. The highest BCUT2D eigenvalue weighted by Crippen LogP contribution is 2.26. The number of morpholine rings is 1. The highest BCUT2D eigenvalue weighted by atomic mass is 35.5. The van der Waals surface area contributed by atoms with Crippen molar-refractivity contribution in [1.29, 1.82) is 0 Å². The Kier molecular flexibility index (Phi) is 4.61. The molecule has 1 aromatic carbocycles. The number of hydrogen-bond acceptors (Lipinski definition) is 4. The SMILES string of the molecule is CN1CCOC(CS(=O)c2c(N)cccc2Cl)C1. The summed E-state index contributed by atoms with van der Waals surface area (Å²) in [5.74, 6) is 0.429. The van der Waals surface area contributed by atoms with Gasteiger partial charge in [-0.25, -0.2) is 0 Å². The van der Waals surface area contributed by atoms with Crippen LogP contribution >= 0.6 is 11.6 Å². The number of anilines is 1. The molecule has 2 unspecified atom stereocenters. The summed E-state index contributed by atoms with van der Waals surface area (Å²) in [6.45, 7) is 2.38. The second-order valence-corrected chi connectivity index (χ2v) is 6.27. The predicted octanol–water partition coefficient (Wildman–Crippen LogP) is 1.36. The molecule has 1 fully saturated rings. The molecule has 4 nitrogen and oxygen atoms in total. The molecule has 1 aliphatic rings. The second-order valence-electron chi connectivity index (χ2n) is 4.43. The molecule has 18 heavy (non-hydrogen) atoms. The number of ether oxygens (including phenoxy) is 1. The second kappa shape index (κ2) is 6.02. The summed E-state index contributed by atoms with van der Waals surface area (Å²) in [4.78, 5) is 2.69. The first-order valence-corrected chi connectivity index (χ1v) is 7.50. The van der Waals surface area contributed by atoms with Crippen molar-refractivity contribution >= 4 is 28.1 Å². The molecule has 100 valence electrons. The Hall–Kier alpha value is -0.620. The summed E-state index contributed by atoms with van der Waals surface area (Å²) in [5, 5.41) is 0.456. The number of nitrogen functional groups attached to an aromatic ring is 1. The topological polar surface area (TPSA) is 55.6 Å². The van der Waals surface area contributed by atoms with Gasteiger partial charge in [0.15, 0.2) is 0 Å². The van der Waals surface area contributed by atoms with Crippen molar-refractivity contribution in [2.45, 2.75) is 11.0 Å². The lowest BCUT2D eigenvalue weighted by Gasteiger charge is -2.29. The molecule has 0 spiro atoms. The van der Waals surface area contributed by atoms with Crippen LogP contribution in [0.25, 0.3) is 0 Å². The van der Waals surface area contributed by atoms with Crippen LogP contribution in [-0.2, 0) is 15.5 Å². The van der Waals surface area contributed by atoms with Crippen molar-refractivity contribution in [1.82, 2.24) is 4.90 Å². The number of benzene rings is 1. The van der Waals surface area contributed by atoms with Gasteiger partial charge in [-0.3, -0.25) is 4.21 Å². The normalized spacial score (nSPS) is 22.9. The van der Waals surface area contributed by atoms with Gasteiger partial charge >= 0.3 is 0 Å². The summed E-state index contributed by atoms with van der Waals surface area (Å²) < 4.78 is 17.9. The number of rotatable bonds is 3. The number of nitrogens with zero attached hydrogens (tertiary/aromatic N) is 1. The van der Waals surface area contributed by atoms with Crippen molar-refractivity contribution in [3.8, 4) is 0 Å². The summed E-state index contributed by atoms with van der Waals surface area (Å²) in [6.07, 6.45) is -0.0275. The fraction of sp³-hybridized carbons (Fsp3) is 0.500. The first-order valence-electron chi connectivity index (χ1n) is 5.80. The highest BCUT2D eigenvalue weighted by Gasteiger charge is 2.22. The molecule has 1 heterocycles. The third kappa shape index (κ3) is 3.23. The Labute approximate surface area is 115 Å². The average molecular weight is 289 g/mol. The molecule has 2 rings (SSSR count). The minimum absolute atomic E-state index is 0.0275. The molecule has 0 radical (unpaired) electrons. The molecule has 6 heteroatoms. The lowest BCUT2D eigenvalue weighted by atomic mass is 10.3. The van der Waals surface area contributed by atoms with Gasteiger partial charge in [0, 0.05) is 18.8 Å². The minimum Gasteiger partial charge on any atom is -0.398 e. The molecule has 0 bridgehead atoms. The Balaban J connectivity index is 2.07. The van der Waals surface area contributed by atoms with E-state index in [1.807, 2.05) is 7.05 Å². The van der Waals surface area contributed by atoms with Gasteiger partial charge in [0.05, 0.1) is 39.2 Å². The molecule has 0 saturated carbocycles. The summed E-state index contributed by atoms with van der Waals surface area (Å²) in [5.41, 5.74) is 6.30. The van der Waals surface area contributed by atoms with E-state index >= 15 is 0 Å². The fourth-order valence-corrected chi connectivity index (χ4v) is 3.75. The summed E-state index contributed by atoms with van der Waals surface area (Å²) >= 11 is 6.05. The van der Waals surface area contributed by atoms with Crippen molar-refractivity contribution in [2.75, 3.05) is 38.2 Å². The Bertz CT molecular complexity index is 435. The molecule has 1 aromatic rings. The molecule has 2 atom stereocenters. The Morgan fingerprint density at radius 1 is 1.61 bits per heavy atom. The molecule has 0 aliphatic carbocycles. The monoisotopic (exact) mass is 288 g/mol. The molecule has 1 saturated heterocycles. The van der Waals surface area contributed by atoms with E-state index < -0.39 is 10.8 Å². The summed E-state index contributed by atoms with van der Waals surface area (Å²) in [6, 6.07) is 5.18. The van der Waals surface area contributed by atoms with E-state index in [1.165, 1.54) is 0 Å². The zero-order chi connectivity index (χ0) is 13.1. The zero-order valence-corrected chi connectivity index (χ0v) is 11.8. The van der Waals surface area contributed by atoms with E-state index in [1.54, 1.807) is 18.2 Å². The van der Waals surface area contributed by atoms with Crippen LogP contribution in [-0.4, -0.2) is 47.7 Å². The lowest BCUT2D eigenvalue weighted by molar-refractivity contribution is -0.00640. The van der Waals surface area contributed by atoms with E-state index in [9.17, 15) is 4.21 Å². The highest BCUT2D eigenvalue weighted by molar-refractivity contribution is 7.85. The van der Waals surface area contributed by atoms with Crippen LogP contribution in [0.4, 0.5) is 5.69 Å². The maximum Gasteiger partial charge on any atom is 0.0821 e. The fourth-order valence-electron chi connectivity index (χ4n) is 1.99. The molecule has 1 aliphatic heterocycles. The lowest BCUT2D eigenvalue weighted by Crippen LogP contribution is -2.42. The maximum atomic E-state index is 12.3. The maximum absolute atomic E-state index is 12.3. The molecule has 0 amide bonds. The smallest absolute Gasteiger partial charge is 0.0821 e. The van der Waals surface area contributed by atoms with E-state index in [-0.39, 0.29) is 6.10 Å². The number of halogens is 1. The molecule has 2 N–H and O–H groups in total. The van der Waals surface area contributed by atoms with Crippen molar-refractivity contribution in [3.63, 3.8) is 0 Å². The number of likely N-dealkylation sites (N-methyl/N-ethyl adjacent to an activating group) is 1. The van der Waals surface area contributed by atoms with Gasteiger partial charge in [-0.05, 0) is 19.2 Å². The van der Waals surface area contributed by atoms with E-state index in [2.05, 4.69) is 4.90 Å². The van der Waals surface area contributed by atoms with Gasteiger partial charge in [-0.15, -0.1) is 0 Å². The third-order valence-electron chi connectivity index (χ3n) is 2.90. The van der Waals surface area contributed by atoms with Crippen LogP contribution in [0.15, 0.2) is 23.1 Å². The van der Waals surface area contributed by atoms with Crippen LogP contribution in [0.5, 0.6) is 0 Å². The van der Waals surface area contributed by atoms with E-state index in [0.29, 0.717) is 28.0 Å². The largest absolute Gasteiger partial charge is 0.398 e. The van der Waals surface area contributed by atoms with Crippen LogP contribution < -0.4 is 5.73 Å². The third-order valence-corrected chi connectivity index (χ3v) is 4.92. The van der Waals surface area contributed by atoms with Crippen molar-refractivity contribution in [3.05, 3.63) is 23.2 Å². The first-order chi connectivity index (χ1) is 8.58. The standard InChI is InChI=1S/C12H17ClN2O2S/c1-15-5-6-17-9(7-15)8-18(16)12-10(13)3-2-4-11(12)14/h2-4,9H,5-8,14H2,1H3. The van der Waals surface area contributed by atoms with Gasteiger partial charge in [0.25, 0.3) is 0 Å². The van der Waals surface area contributed by atoms with E-state index in [4.69, 9.17) is 22.1 Å². The zero-order valence-electron chi connectivity index (χ0n) is 10.3. The number of hydrogen-bond donors (Lipinski definition) is 1. The molecule has 0 aromatic heterocycles. The average Bonchev–Trinajstić information content (AvgIpc) is 2.28. The minimum atomic E-state index is -1.23. The molecular weight excluding hydrogens is 272 g/mol. The quantitative estimate of drug-likeness (QED) is 0.854. The van der Waals surface area contributed by atoms with Gasteiger partial charge in [-0.2, -0.15) is 0 Å². The van der Waals surface area contributed by atoms with Gasteiger partial charge in [-0.1, -0.05) is 17.7 Å². The first kappa shape index (κ1) is 13.8. The van der Waals surface area contributed by atoms with Crippen molar-refractivity contribution < 1.29 is 8.95 Å². The van der Waals surface area contributed by atoms with Crippen LogP contribution in [0.3, 0.4) is 0 Å². The predicted molar refractivity (Wildman–Crippen MR) is 74.4 cm³/mol.